The van der Waals surface area contributed by atoms with E-state index in [2.05, 4.69) is 20.6 Å². The number of nitrogens with one attached hydrogen (secondary N) is 2. The first-order chi connectivity index (χ1) is 8.60. The zero-order valence-corrected chi connectivity index (χ0v) is 10.9. The van der Waals surface area contributed by atoms with Gasteiger partial charge in [0.05, 0.1) is 10.6 Å². The summed E-state index contributed by atoms with van der Waals surface area (Å²) in [4.78, 5) is 18.1. The fourth-order valence-corrected chi connectivity index (χ4v) is 2.21. The number of nitrogen functional groups attached to an aromatic ring is 1. The molecule has 2 heterocycles. The van der Waals surface area contributed by atoms with E-state index < -0.39 is 0 Å². The molecule has 1 saturated heterocycles. The molecule has 2 rings (SSSR count). The van der Waals surface area contributed by atoms with E-state index >= 15 is 0 Å². The van der Waals surface area contributed by atoms with Gasteiger partial charge in [-0.1, -0.05) is 11.6 Å². The molecule has 1 fully saturated rings. The van der Waals surface area contributed by atoms with Gasteiger partial charge in [-0.05, 0) is 26.1 Å². The van der Waals surface area contributed by atoms with Crippen LogP contribution in [0.5, 0.6) is 0 Å². The minimum absolute atomic E-state index is 0.159. The number of hydrazine groups is 1. The van der Waals surface area contributed by atoms with Gasteiger partial charge in [-0.2, -0.15) is 0 Å². The van der Waals surface area contributed by atoms with Gasteiger partial charge in [-0.3, -0.25) is 4.79 Å². The summed E-state index contributed by atoms with van der Waals surface area (Å²) >= 11 is 5.92. The fraction of sp³-hybridized carbons (Fsp3) is 0.455. The molecule has 1 amide bonds. The number of halogens is 1. The smallest absolute Gasteiger partial charge is 0.253 e. The summed E-state index contributed by atoms with van der Waals surface area (Å²) in [5, 5.41) is 3.29. The van der Waals surface area contributed by atoms with Gasteiger partial charge in [-0.25, -0.2) is 10.8 Å². The maximum atomic E-state index is 12.0. The van der Waals surface area contributed by atoms with Crippen molar-refractivity contribution >= 4 is 23.3 Å². The lowest BCUT2D eigenvalue weighted by Crippen LogP contribution is -2.36. The van der Waals surface area contributed by atoms with Crippen molar-refractivity contribution in [2.75, 3.05) is 25.6 Å². The van der Waals surface area contributed by atoms with Gasteiger partial charge in [-0.15, -0.1) is 0 Å². The Hall–Kier alpha value is -1.37. The Morgan fingerprint density at radius 1 is 1.67 bits per heavy atom. The van der Waals surface area contributed by atoms with Crippen LogP contribution in [0.3, 0.4) is 0 Å². The number of hydrogen-bond acceptors (Lipinski definition) is 5. The first kappa shape index (κ1) is 13.1. The summed E-state index contributed by atoms with van der Waals surface area (Å²) in [6.45, 7) is 1.87. The van der Waals surface area contributed by atoms with E-state index in [0.29, 0.717) is 16.4 Å². The number of amides is 1. The first-order valence-electron chi connectivity index (χ1n) is 5.71. The highest BCUT2D eigenvalue weighted by Crippen LogP contribution is 2.19. The Labute approximate surface area is 110 Å². The van der Waals surface area contributed by atoms with E-state index in [1.165, 1.54) is 6.20 Å². The highest BCUT2D eigenvalue weighted by Gasteiger charge is 2.21. The molecule has 7 heteroatoms. The third kappa shape index (κ3) is 2.90. The summed E-state index contributed by atoms with van der Waals surface area (Å²) < 4.78 is 0. The largest absolute Gasteiger partial charge is 0.348 e. The standard InChI is InChI=1S/C11H16ClN5O/c1-17-3-2-8(6-17)15-11(18)7-4-9(12)10(16-13)14-5-7/h4-5,8H,2-3,6,13H2,1H3,(H,14,16)(H,15,18). The molecule has 98 valence electrons. The summed E-state index contributed by atoms with van der Waals surface area (Å²) in [6, 6.07) is 1.74. The van der Waals surface area contributed by atoms with Gasteiger partial charge < -0.3 is 15.6 Å². The molecule has 4 N–H and O–H groups in total. The third-order valence-corrected chi connectivity index (χ3v) is 3.25. The van der Waals surface area contributed by atoms with E-state index in [1.54, 1.807) is 6.07 Å². The summed E-state index contributed by atoms with van der Waals surface area (Å²) in [7, 11) is 2.03. The third-order valence-electron chi connectivity index (χ3n) is 2.97. The second kappa shape index (κ2) is 5.51. The van der Waals surface area contributed by atoms with E-state index in [4.69, 9.17) is 17.4 Å². The second-order valence-electron chi connectivity index (χ2n) is 4.42. The molecular formula is C11H16ClN5O. The van der Waals surface area contributed by atoms with Crippen molar-refractivity contribution in [3.05, 3.63) is 22.8 Å². The predicted molar refractivity (Wildman–Crippen MR) is 70.4 cm³/mol. The lowest BCUT2D eigenvalue weighted by molar-refractivity contribution is 0.0938. The van der Waals surface area contributed by atoms with E-state index in [9.17, 15) is 4.79 Å². The van der Waals surface area contributed by atoms with E-state index in [1.807, 2.05) is 7.05 Å². The SMILES string of the molecule is CN1CCC(NC(=O)c2cnc(NN)c(Cl)c2)C1. The van der Waals surface area contributed by atoms with Crippen molar-refractivity contribution in [3.8, 4) is 0 Å². The fourth-order valence-electron chi connectivity index (χ4n) is 1.99. The Bertz CT molecular complexity index is 453. The predicted octanol–water partition coefficient (Wildman–Crippen LogP) is 0.454. The summed E-state index contributed by atoms with van der Waals surface area (Å²) in [5.41, 5.74) is 2.80. The Morgan fingerprint density at radius 3 is 3.00 bits per heavy atom. The highest BCUT2D eigenvalue weighted by atomic mass is 35.5. The van der Waals surface area contributed by atoms with Crippen LogP contribution in [0.15, 0.2) is 12.3 Å². The van der Waals surface area contributed by atoms with Gasteiger partial charge in [0.2, 0.25) is 0 Å². The van der Waals surface area contributed by atoms with Gasteiger partial charge >= 0.3 is 0 Å². The van der Waals surface area contributed by atoms with Gasteiger partial charge in [0.25, 0.3) is 5.91 Å². The maximum Gasteiger partial charge on any atom is 0.253 e. The van der Waals surface area contributed by atoms with Crippen molar-refractivity contribution in [1.82, 2.24) is 15.2 Å². The highest BCUT2D eigenvalue weighted by molar-refractivity contribution is 6.33. The summed E-state index contributed by atoms with van der Waals surface area (Å²) in [6.07, 6.45) is 2.42. The number of pyridine rings is 1. The average molecular weight is 270 g/mol. The molecule has 1 aliphatic rings. The lowest BCUT2D eigenvalue weighted by atomic mass is 10.2. The molecule has 1 atom stereocenters. The Morgan fingerprint density at radius 2 is 2.44 bits per heavy atom. The molecule has 0 radical (unpaired) electrons. The maximum absolute atomic E-state index is 12.0. The summed E-state index contributed by atoms with van der Waals surface area (Å²) in [5.74, 6) is 5.42. The molecule has 1 unspecified atom stereocenters. The number of nitrogens with zero attached hydrogens (tertiary/aromatic N) is 2. The number of carbonyl (C=O) groups excluding carboxylic acids is 1. The number of likely N-dealkylation sites (tertiary alicyclic amines) is 1. The molecule has 0 aromatic carbocycles. The molecule has 1 aromatic heterocycles. The quantitative estimate of drug-likeness (QED) is 0.548. The van der Waals surface area contributed by atoms with E-state index in [0.717, 1.165) is 19.5 Å². The molecule has 6 nitrogen and oxygen atoms in total. The normalized spacial score (nSPS) is 19.8. The van der Waals surface area contributed by atoms with Crippen LogP contribution in [0, 0.1) is 0 Å². The molecule has 0 bridgehead atoms. The minimum atomic E-state index is -0.159. The zero-order chi connectivity index (χ0) is 13.1. The Balaban J connectivity index is 2.02. The number of aromatic nitrogens is 1. The number of anilines is 1. The molecule has 0 saturated carbocycles. The minimum Gasteiger partial charge on any atom is -0.348 e. The average Bonchev–Trinajstić information content (AvgIpc) is 2.74. The first-order valence-corrected chi connectivity index (χ1v) is 6.09. The van der Waals surface area contributed by atoms with Crippen molar-refractivity contribution in [2.24, 2.45) is 5.84 Å². The Kier molecular flexibility index (Phi) is 4.00. The zero-order valence-electron chi connectivity index (χ0n) is 10.1. The molecule has 1 aliphatic heterocycles. The van der Waals surface area contributed by atoms with Crippen LogP contribution >= 0.6 is 11.6 Å². The van der Waals surface area contributed by atoms with Crippen LogP contribution in [0.1, 0.15) is 16.8 Å². The number of rotatable bonds is 3. The molecule has 1 aromatic rings. The van der Waals surface area contributed by atoms with Crippen LogP contribution in [0.25, 0.3) is 0 Å². The van der Waals surface area contributed by atoms with Crippen molar-refractivity contribution < 1.29 is 4.79 Å². The molecular weight excluding hydrogens is 254 g/mol. The van der Waals surface area contributed by atoms with Crippen molar-refractivity contribution in [3.63, 3.8) is 0 Å². The molecule has 0 aliphatic carbocycles. The topological polar surface area (TPSA) is 83.3 Å². The van der Waals surface area contributed by atoms with Crippen LogP contribution in [-0.2, 0) is 0 Å². The van der Waals surface area contributed by atoms with Crippen LogP contribution in [0.2, 0.25) is 5.02 Å². The van der Waals surface area contributed by atoms with Crippen LogP contribution < -0.4 is 16.6 Å². The van der Waals surface area contributed by atoms with Gasteiger partial charge in [0.15, 0.2) is 5.82 Å². The van der Waals surface area contributed by atoms with Crippen LogP contribution in [0.4, 0.5) is 5.82 Å². The lowest BCUT2D eigenvalue weighted by Gasteiger charge is -2.13. The van der Waals surface area contributed by atoms with Gasteiger partial charge in [0, 0.05) is 18.8 Å². The van der Waals surface area contributed by atoms with Crippen molar-refractivity contribution in [2.45, 2.75) is 12.5 Å². The van der Waals surface area contributed by atoms with E-state index in [-0.39, 0.29) is 11.9 Å². The van der Waals surface area contributed by atoms with Crippen LogP contribution in [-0.4, -0.2) is 42.0 Å². The number of nitrogens with two attached hydrogens (primary N) is 1. The monoisotopic (exact) mass is 269 g/mol. The van der Waals surface area contributed by atoms with Crippen molar-refractivity contribution in [1.29, 1.82) is 0 Å². The molecule has 0 spiro atoms. The number of hydrogen-bond donors (Lipinski definition) is 3. The van der Waals surface area contributed by atoms with Gasteiger partial charge in [0.1, 0.15) is 0 Å². The number of likely N-dealkylation sites (N-methyl/N-ethyl adjacent to an activating group) is 1. The number of carbonyl (C=O) groups is 1. The molecule has 18 heavy (non-hydrogen) atoms. The second-order valence-corrected chi connectivity index (χ2v) is 4.83.